The number of nitrogens with one attached hydrogen (secondary N) is 2. The van der Waals surface area contributed by atoms with E-state index < -0.39 is 0 Å². The Morgan fingerprint density at radius 3 is 2.62 bits per heavy atom. The SMILES string of the molecule is CNc1ccc(C)cc1C(=O)Nc1ccc(Cl)c(OC)c1. The molecule has 110 valence electrons. The van der Waals surface area contributed by atoms with Gasteiger partial charge in [-0.05, 0) is 31.2 Å². The van der Waals surface area contributed by atoms with Crippen molar-refractivity contribution in [2.24, 2.45) is 0 Å². The lowest BCUT2D eigenvalue weighted by Gasteiger charge is -2.12. The maximum absolute atomic E-state index is 12.4. The maximum atomic E-state index is 12.4. The van der Waals surface area contributed by atoms with Crippen LogP contribution >= 0.6 is 11.6 Å². The topological polar surface area (TPSA) is 50.4 Å². The van der Waals surface area contributed by atoms with Crippen LogP contribution in [0, 0.1) is 6.92 Å². The number of anilines is 2. The van der Waals surface area contributed by atoms with E-state index in [1.165, 1.54) is 7.11 Å². The molecule has 0 saturated carbocycles. The Morgan fingerprint density at radius 2 is 1.95 bits per heavy atom. The molecule has 5 heteroatoms. The van der Waals surface area contributed by atoms with Crippen molar-refractivity contribution in [1.29, 1.82) is 0 Å². The molecule has 0 fully saturated rings. The summed E-state index contributed by atoms with van der Waals surface area (Å²) in [4.78, 5) is 12.4. The van der Waals surface area contributed by atoms with Crippen LogP contribution in [0.25, 0.3) is 0 Å². The van der Waals surface area contributed by atoms with Crippen molar-refractivity contribution in [2.45, 2.75) is 6.92 Å². The van der Waals surface area contributed by atoms with Gasteiger partial charge >= 0.3 is 0 Å². The van der Waals surface area contributed by atoms with E-state index in [-0.39, 0.29) is 5.91 Å². The van der Waals surface area contributed by atoms with Gasteiger partial charge < -0.3 is 15.4 Å². The molecular weight excluding hydrogens is 288 g/mol. The lowest BCUT2D eigenvalue weighted by atomic mass is 10.1. The van der Waals surface area contributed by atoms with Gasteiger partial charge in [0, 0.05) is 24.5 Å². The molecule has 0 spiro atoms. The Bertz CT molecular complexity index is 671. The van der Waals surface area contributed by atoms with Crippen molar-refractivity contribution in [3.05, 3.63) is 52.5 Å². The molecule has 21 heavy (non-hydrogen) atoms. The number of carbonyl (C=O) groups excluding carboxylic acids is 1. The number of rotatable bonds is 4. The first-order chi connectivity index (χ1) is 10.0. The molecule has 2 aromatic rings. The molecule has 2 aromatic carbocycles. The van der Waals surface area contributed by atoms with Crippen LogP contribution in [0.3, 0.4) is 0 Å². The summed E-state index contributed by atoms with van der Waals surface area (Å²) >= 11 is 5.97. The number of hydrogen-bond donors (Lipinski definition) is 2. The molecule has 2 rings (SSSR count). The Balaban J connectivity index is 2.28. The van der Waals surface area contributed by atoms with Crippen molar-refractivity contribution in [2.75, 3.05) is 24.8 Å². The van der Waals surface area contributed by atoms with Crippen LogP contribution in [-0.4, -0.2) is 20.1 Å². The summed E-state index contributed by atoms with van der Waals surface area (Å²) in [5.41, 5.74) is 3.02. The largest absolute Gasteiger partial charge is 0.495 e. The standard InChI is InChI=1S/C16H17ClN2O2/c1-10-4-7-14(18-2)12(8-10)16(20)19-11-5-6-13(17)15(9-11)21-3/h4-9,18H,1-3H3,(H,19,20). The molecule has 0 aliphatic carbocycles. The number of hydrogen-bond acceptors (Lipinski definition) is 3. The van der Waals surface area contributed by atoms with Gasteiger partial charge in [-0.3, -0.25) is 4.79 Å². The second kappa shape index (κ2) is 6.50. The van der Waals surface area contributed by atoms with Gasteiger partial charge in [-0.1, -0.05) is 23.2 Å². The molecule has 0 saturated heterocycles. The average molecular weight is 305 g/mol. The first-order valence-electron chi connectivity index (χ1n) is 6.48. The second-order valence-electron chi connectivity index (χ2n) is 4.60. The minimum atomic E-state index is -0.188. The van der Waals surface area contributed by atoms with Crippen LogP contribution in [0.5, 0.6) is 5.75 Å². The highest BCUT2D eigenvalue weighted by molar-refractivity contribution is 6.32. The lowest BCUT2D eigenvalue weighted by Crippen LogP contribution is -2.14. The molecule has 0 aliphatic rings. The van der Waals surface area contributed by atoms with Gasteiger partial charge in [0.15, 0.2) is 0 Å². The number of carbonyl (C=O) groups is 1. The molecule has 0 atom stereocenters. The van der Waals surface area contributed by atoms with E-state index in [1.54, 1.807) is 25.2 Å². The summed E-state index contributed by atoms with van der Waals surface area (Å²) in [5.74, 6) is 0.333. The van der Waals surface area contributed by atoms with Crippen molar-refractivity contribution in [3.63, 3.8) is 0 Å². The highest BCUT2D eigenvalue weighted by atomic mass is 35.5. The third kappa shape index (κ3) is 3.47. The lowest BCUT2D eigenvalue weighted by molar-refractivity contribution is 0.102. The molecular formula is C16H17ClN2O2. The molecule has 0 bridgehead atoms. The molecule has 0 aromatic heterocycles. The first kappa shape index (κ1) is 15.2. The van der Waals surface area contributed by atoms with Crippen LogP contribution in [0.2, 0.25) is 5.02 Å². The number of ether oxygens (including phenoxy) is 1. The van der Waals surface area contributed by atoms with Crippen LogP contribution < -0.4 is 15.4 Å². The zero-order valence-corrected chi connectivity index (χ0v) is 12.9. The van der Waals surface area contributed by atoms with Gasteiger partial charge in [-0.2, -0.15) is 0 Å². The van der Waals surface area contributed by atoms with Gasteiger partial charge in [-0.25, -0.2) is 0 Å². The zero-order valence-electron chi connectivity index (χ0n) is 12.2. The Labute approximate surface area is 129 Å². The van der Waals surface area contributed by atoms with Crippen LogP contribution in [0.4, 0.5) is 11.4 Å². The van der Waals surface area contributed by atoms with E-state index in [2.05, 4.69) is 10.6 Å². The fraction of sp³-hybridized carbons (Fsp3) is 0.188. The maximum Gasteiger partial charge on any atom is 0.257 e. The van der Waals surface area contributed by atoms with Crippen LogP contribution in [0.1, 0.15) is 15.9 Å². The van der Waals surface area contributed by atoms with Crippen molar-refractivity contribution < 1.29 is 9.53 Å². The third-order valence-electron chi connectivity index (χ3n) is 3.10. The van der Waals surface area contributed by atoms with E-state index >= 15 is 0 Å². The number of benzene rings is 2. The van der Waals surface area contributed by atoms with Gasteiger partial charge in [0.2, 0.25) is 0 Å². The predicted octanol–water partition coefficient (Wildman–Crippen LogP) is 3.95. The molecule has 0 aliphatic heterocycles. The van der Waals surface area contributed by atoms with Gasteiger partial charge in [0.05, 0.1) is 17.7 Å². The number of amides is 1. The summed E-state index contributed by atoms with van der Waals surface area (Å²) in [6, 6.07) is 10.8. The number of halogens is 1. The Morgan fingerprint density at radius 1 is 1.19 bits per heavy atom. The number of aryl methyl sites for hydroxylation is 1. The predicted molar refractivity (Wildman–Crippen MR) is 86.7 cm³/mol. The van der Waals surface area contributed by atoms with Gasteiger partial charge in [0.25, 0.3) is 5.91 Å². The molecule has 0 radical (unpaired) electrons. The minimum Gasteiger partial charge on any atom is -0.495 e. The summed E-state index contributed by atoms with van der Waals surface area (Å²) in [7, 11) is 3.32. The number of methoxy groups -OCH3 is 1. The first-order valence-corrected chi connectivity index (χ1v) is 6.86. The van der Waals surface area contributed by atoms with Crippen molar-refractivity contribution >= 4 is 28.9 Å². The minimum absolute atomic E-state index is 0.188. The Hall–Kier alpha value is -2.20. The average Bonchev–Trinajstić information content (AvgIpc) is 2.49. The summed E-state index contributed by atoms with van der Waals surface area (Å²) in [6.45, 7) is 1.95. The quantitative estimate of drug-likeness (QED) is 0.899. The summed E-state index contributed by atoms with van der Waals surface area (Å²) in [6.07, 6.45) is 0. The van der Waals surface area contributed by atoms with Crippen molar-refractivity contribution in [1.82, 2.24) is 0 Å². The molecule has 2 N–H and O–H groups in total. The van der Waals surface area contributed by atoms with Gasteiger partial charge in [-0.15, -0.1) is 0 Å². The highest BCUT2D eigenvalue weighted by Crippen LogP contribution is 2.28. The zero-order chi connectivity index (χ0) is 15.4. The molecule has 4 nitrogen and oxygen atoms in total. The fourth-order valence-corrected chi connectivity index (χ4v) is 2.19. The van der Waals surface area contributed by atoms with Crippen molar-refractivity contribution in [3.8, 4) is 5.75 Å². The molecule has 1 amide bonds. The third-order valence-corrected chi connectivity index (χ3v) is 3.41. The molecule has 0 heterocycles. The van der Waals surface area contributed by atoms with E-state index in [4.69, 9.17) is 16.3 Å². The normalized spacial score (nSPS) is 10.1. The highest BCUT2D eigenvalue weighted by Gasteiger charge is 2.12. The summed E-state index contributed by atoms with van der Waals surface area (Å²) in [5, 5.41) is 6.36. The Kier molecular flexibility index (Phi) is 4.70. The van der Waals surface area contributed by atoms with Crippen LogP contribution in [0.15, 0.2) is 36.4 Å². The van der Waals surface area contributed by atoms with E-state index in [0.717, 1.165) is 11.3 Å². The summed E-state index contributed by atoms with van der Waals surface area (Å²) < 4.78 is 5.14. The second-order valence-corrected chi connectivity index (χ2v) is 5.01. The van der Waals surface area contributed by atoms with Gasteiger partial charge in [0.1, 0.15) is 5.75 Å². The fourth-order valence-electron chi connectivity index (χ4n) is 2.00. The smallest absolute Gasteiger partial charge is 0.257 e. The molecule has 0 unspecified atom stereocenters. The van der Waals surface area contributed by atoms with Crippen LogP contribution in [-0.2, 0) is 0 Å². The monoisotopic (exact) mass is 304 g/mol. The van der Waals surface area contributed by atoms with E-state index in [9.17, 15) is 4.79 Å². The van der Waals surface area contributed by atoms with E-state index in [0.29, 0.717) is 22.0 Å². The van der Waals surface area contributed by atoms with E-state index in [1.807, 2.05) is 25.1 Å².